The molecule has 2 atom stereocenters. The van der Waals surface area contributed by atoms with Gasteiger partial charge in [0, 0.05) is 25.2 Å². The average molecular weight is 232 g/mol. The van der Waals surface area contributed by atoms with Crippen LogP contribution in [0.4, 0.5) is 0 Å². The quantitative estimate of drug-likeness (QED) is 0.862. The van der Waals surface area contributed by atoms with Gasteiger partial charge in [-0.1, -0.05) is 44.2 Å². The van der Waals surface area contributed by atoms with E-state index in [1.54, 1.807) is 0 Å². The first-order valence-electron chi connectivity index (χ1n) is 6.51. The Morgan fingerprint density at radius 1 is 1.29 bits per heavy atom. The molecule has 0 bridgehead atoms. The lowest BCUT2D eigenvalue weighted by atomic mass is 9.88. The Balaban J connectivity index is 2.10. The van der Waals surface area contributed by atoms with Crippen LogP contribution in [0.15, 0.2) is 30.3 Å². The van der Waals surface area contributed by atoms with E-state index < -0.39 is 0 Å². The van der Waals surface area contributed by atoms with Gasteiger partial charge in [0.05, 0.1) is 0 Å². The van der Waals surface area contributed by atoms with E-state index in [1.165, 1.54) is 5.56 Å². The van der Waals surface area contributed by atoms with E-state index in [0.29, 0.717) is 17.5 Å². The summed E-state index contributed by atoms with van der Waals surface area (Å²) in [6.45, 7) is 9.31. The van der Waals surface area contributed by atoms with Crippen LogP contribution in [0.3, 0.4) is 0 Å². The molecule has 0 aliphatic carbocycles. The highest BCUT2D eigenvalue weighted by atomic mass is 15.2. The SMILES string of the molecule is CN[C@@H]1CN(C(C)c2ccccc2)CC1(C)C. The third-order valence-corrected chi connectivity index (χ3v) is 4.15. The van der Waals surface area contributed by atoms with Crippen molar-refractivity contribution in [3.05, 3.63) is 35.9 Å². The van der Waals surface area contributed by atoms with Gasteiger partial charge in [-0.3, -0.25) is 4.90 Å². The number of nitrogens with one attached hydrogen (secondary N) is 1. The molecule has 2 nitrogen and oxygen atoms in total. The summed E-state index contributed by atoms with van der Waals surface area (Å²) in [5, 5.41) is 3.45. The first kappa shape index (κ1) is 12.6. The summed E-state index contributed by atoms with van der Waals surface area (Å²) in [5.41, 5.74) is 1.78. The fourth-order valence-electron chi connectivity index (χ4n) is 2.90. The summed E-state index contributed by atoms with van der Waals surface area (Å²) in [5.74, 6) is 0. The molecular formula is C15H24N2. The summed E-state index contributed by atoms with van der Waals surface area (Å²) in [4.78, 5) is 2.58. The highest BCUT2D eigenvalue weighted by Crippen LogP contribution is 2.34. The Hall–Kier alpha value is -0.860. The fourth-order valence-corrected chi connectivity index (χ4v) is 2.90. The van der Waals surface area contributed by atoms with Crippen molar-refractivity contribution in [3.8, 4) is 0 Å². The molecule has 1 N–H and O–H groups in total. The predicted molar refractivity (Wildman–Crippen MR) is 73.1 cm³/mol. The van der Waals surface area contributed by atoms with Crippen molar-refractivity contribution in [2.75, 3.05) is 20.1 Å². The zero-order chi connectivity index (χ0) is 12.5. The van der Waals surface area contributed by atoms with Crippen LogP contribution in [0.2, 0.25) is 0 Å². The molecule has 1 aliphatic rings. The smallest absolute Gasteiger partial charge is 0.0320 e. The van der Waals surface area contributed by atoms with Gasteiger partial charge in [-0.15, -0.1) is 0 Å². The molecule has 2 heteroatoms. The van der Waals surface area contributed by atoms with Gasteiger partial charge in [-0.05, 0) is 24.9 Å². The first-order chi connectivity index (χ1) is 8.04. The van der Waals surface area contributed by atoms with Crippen LogP contribution in [-0.2, 0) is 0 Å². The average Bonchev–Trinajstić information content (AvgIpc) is 2.64. The van der Waals surface area contributed by atoms with Crippen LogP contribution in [0.1, 0.15) is 32.4 Å². The van der Waals surface area contributed by atoms with E-state index in [0.717, 1.165) is 13.1 Å². The van der Waals surface area contributed by atoms with Crippen LogP contribution >= 0.6 is 0 Å². The van der Waals surface area contributed by atoms with Gasteiger partial charge >= 0.3 is 0 Å². The van der Waals surface area contributed by atoms with Crippen LogP contribution in [0.25, 0.3) is 0 Å². The normalized spacial score (nSPS) is 26.0. The summed E-state index contributed by atoms with van der Waals surface area (Å²) >= 11 is 0. The maximum absolute atomic E-state index is 3.45. The summed E-state index contributed by atoms with van der Waals surface area (Å²) < 4.78 is 0. The van der Waals surface area contributed by atoms with E-state index in [4.69, 9.17) is 0 Å². The second-order valence-corrected chi connectivity index (χ2v) is 5.85. The number of hydrogen-bond acceptors (Lipinski definition) is 2. The third kappa shape index (κ3) is 2.53. The van der Waals surface area contributed by atoms with Crippen molar-refractivity contribution in [2.24, 2.45) is 5.41 Å². The van der Waals surface area contributed by atoms with E-state index >= 15 is 0 Å². The zero-order valence-electron chi connectivity index (χ0n) is 11.4. The van der Waals surface area contributed by atoms with Gasteiger partial charge < -0.3 is 5.32 Å². The molecule has 0 saturated carbocycles. The molecule has 1 aliphatic heterocycles. The van der Waals surface area contributed by atoms with Crippen molar-refractivity contribution in [1.29, 1.82) is 0 Å². The van der Waals surface area contributed by atoms with Gasteiger partial charge in [0.1, 0.15) is 0 Å². The molecule has 94 valence electrons. The molecule has 2 rings (SSSR count). The van der Waals surface area contributed by atoms with Crippen molar-refractivity contribution in [1.82, 2.24) is 10.2 Å². The number of benzene rings is 1. The van der Waals surface area contributed by atoms with Crippen molar-refractivity contribution in [2.45, 2.75) is 32.9 Å². The van der Waals surface area contributed by atoms with Gasteiger partial charge in [0.2, 0.25) is 0 Å². The topological polar surface area (TPSA) is 15.3 Å². The van der Waals surface area contributed by atoms with Crippen molar-refractivity contribution >= 4 is 0 Å². The van der Waals surface area contributed by atoms with Gasteiger partial charge in [0.15, 0.2) is 0 Å². The highest BCUT2D eigenvalue weighted by molar-refractivity contribution is 5.19. The highest BCUT2D eigenvalue weighted by Gasteiger charge is 2.39. The van der Waals surface area contributed by atoms with Crippen LogP contribution in [0.5, 0.6) is 0 Å². The second kappa shape index (κ2) is 4.79. The van der Waals surface area contributed by atoms with E-state index in [2.05, 4.69) is 68.4 Å². The Bertz CT molecular complexity index is 358. The minimum atomic E-state index is 0.359. The maximum atomic E-state index is 3.45. The molecule has 1 unspecified atom stereocenters. The van der Waals surface area contributed by atoms with Gasteiger partial charge in [0.25, 0.3) is 0 Å². The Morgan fingerprint density at radius 3 is 2.47 bits per heavy atom. The largest absolute Gasteiger partial charge is 0.315 e. The third-order valence-electron chi connectivity index (χ3n) is 4.15. The lowest BCUT2D eigenvalue weighted by Crippen LogP contribution is -2.38. The van der Waals surface area contributed by atoms with E-state index in [-0.39, 0.29) is 0 Å². The minimum Gasteiger partial charge on any atom is -0.315 e. The predicted octanol–water partition coefficient (Wildman–Crippen LogP) is 2.68. The Morgan fingerprint density at radius 2 is 1.94 bits per heavy atom. The second-order valence-electron chi connectivity index (χ2n) is 5.85. The maximum Gasteiger partial charge on any atom is 0.0320 e. The molecule has 1 heterocycles. The summed E-state index contributed by atoms with van der Waals surface area (Å²) in [6, 6.07) is 11.9. The van der Waals surface area contributed by atoms with Gasteiger partial charge in [-0.25, -0.2) is 0 Å². The molecule has 0 radical (unpaired) electrons. The standard InChI is InChI=1S/C15H24N2/c1-12(13-8-6-5-7-9-13)17-10-14(16-4)15(2,3)11-17/h5-9,12,14,16H,10-11H2,1-4H3/t12?,14-/m1/s1. The summed E-state index contributed by atoms with van der Waals surface area (Å²) in [7, 11) is 2.07. The van der Waals surface area contributed by atoms with E-state index in [1.807, 2.05) is 0 Å². The Labute approximate surface area is 105 Å². The fraction of sp³-hybridized carbons (Fsp3) is 0.600. The lowest BCUT2D eigenvalue weighted by Gasteiger charge is -2.26. The number of rotatable bonds is 3. The monoisotopic (exact) mass is 232 g/mol. The number of nitrogens with zero attached hydrogens (tertiary/aromatic N) is 1. The van der Waals surface area contributed by atoms with Crippen LogP contribution in [0, 0.1) is 5.41 Å². The molecule has 17 heavy (non-hydrogen) atoms. The van der Waals surface area contributed by atoms with Crippen LogP contribution in [-0.4, -0.2) is 31.1 Å². The molecule has 0 spiro atoms. The number of hydrogen-bond donors (Lipinski definition) is 1. The molecule has 1 aromatic rings. The van der Waals surface area contributed by atoms with Crippen molar-refractivity contribution in [3.63, 3.8) is 0 Å². The zero-order valence-corrected chi connectivity index (χ0v) is 11.4. The molecule has 1 fully saturated rings. The molecule has 1 saturated heterocycles. The molecule has 1 aromatic carbocycles. The van der Waals surface area contributed by atoms with Gasteiger partial charge in [-0.2, -0.15) is 0 Å². The first-order valence-corrected chi connectivity index (χ1v) is 6.51. The molecule has 0 aromatic heterocycles. The molecular weight excluding hydrogens is 208 g/mol. The van der Waals surface area contributed by atoms with E-state index in [9.17, 15) is 0 Å². The Kier molecular flexibility index (Phi) is 3.55. The number of likely N-dealkylation sites (tertiary alicyclic amines) is 1. The minimum absolute atomic E-state index is 0.359. The molecule has 0 amide bonds. The van der Waals surface area contributed by atoms with Crippen molar-refractivity contribution < 1.29 is 0 Å². The summed E-state index contributed by atoms with van der Waals surface area (Å²) in [6.07, 6.45) is 0. The lowest BCUT2D eigenvalue weighted by molar-refractivity contribution is 0.232. The number of likely N-dealkylation sites (N-methyl/N-ethyl adjacent to an activating group) is 1. The van der Waals surface area contributed by atoms with Crippen LogP contribution < -0.4 is 5.32 Å².